The standard InChI is InChI=1S/C21H15N3O4/c1-13-4-2-7-18-19(13)23-21(28-18)14-8-10-16(11-9-14)22-12-15-5-3-6-17(20(15)25)24(26)27/h2-12,25H,1H3. The molecule has 0 saturated carbocycles. The first-order chi connectivity index (χ1) is 13.5. The van der Waals surface area contributed by atoms with E-state index in [1.54, 1.807) is 18.2 Å². The topological polar surface area (TPSA) is 102 Å². The lowest BCUT2D eigenvalue weighted by atomic mass is 10.2. The first-order valence-electron chi connectivity index (χ1n) is 8.50. The van der Waals surface area contributed by atoms with Crippen LogP contribution in [0.25, 0.3) is 22.6 Å². The maximum absolute atomic E-state index is 10.9. The molecule has 0 aliphatic carbocycles. The van der Waals surface area contributed by atoms with Crippen molar-refractivity contribution >= 4 is 28.7 Å². The Morgan fingerprint density at radius 2 is 1.86 bits per heavy atom. The van der Waals surface area contributed by atoms with Crippen LogP contribution in [0.4, 0.5) is 11.4 Å². The highest BCUT2D eigenvalue weighted by atomic mass is 16.6. The number of nitro groups is 1. The molecule has 0 bridgehead atoms. The van der Waals surface area contributed by atoms with E-state index in [4.69, 9.17) is 4.42 Å². The van der Waals surface area contributed by atoms with Gasteiger partial charge in [0.25, 0.3) is 0 Å². The highest BCUT2D eigenvalue weighted by Crippen LogP contribution is 2.29. The van der Waals surface area contributed by atoms with Crippen LogP contribution in [0.5, 0.6) is 5.75 Å². The minimum Gasteiger partial charge on any atom is -0.502 e. The number of hydrogen-bond acceptors (Lipinski definition) is 6. The second-order valence-corrected chi connectivity index (χ2v) is 6.22. The summed E-state index contributed by atoms with van der Waals surface area (Å²) in [5.74, 6) is 0.117. The fourth-order valence-electron chi connectivity index (χ4n) is 2.84. The van der Waals surface area contributed by atoms with Crippen LogP contribution in [0.1, 0.15) is 11.1 Å². The third-order valence-corrected chi connectivity index (χ3v) is 4.33. The van der Waals surface area contributed by atoms with E-state index in [0.29, 0.717) is 11.6 Å². The lowest BCUT2D eigenvalue weighted by molar-refractivity contribution is -0.385. The van der Waals surface area contributed by atoms with E-state index in [0.717, 1.165) is 22.2 Å². The number of phenolic OH excluding ortho intramolecular Hbond substituents is 1. The maximum Gasteiger partial charge on any atom is 0.311 e. The van der Waals surface area contributed by atoms with Crippen molar-refractivity contribution in [2.45, 2.75) is 6.92 Å². The summed E-state index contributed by atoms with van der Waals surface area (Å²) in [7, 11) is 0. The Bertz CT molecular complexity index is 1210. The molecule has 0 saturated heterocycles. The van der Waals surface area contributed by atoms with E-state index in [1.165, 1.54) is 18.3 Å². The number of rotatable bonds is 4. The Morgan fingerprint density at radius 1 is 1.11 bits per heavy atom. The van der Waals surface area contributed by atoms with Gasteiger partial charge in [0.2, 0.25) is 11.6 Å². The summed E-state index contributed by atoms with van der Waals surface area (Å²) in [4.78, 5) is 19.1. The Morgan fingerprint density at radius 3 is 2.57 bits per heavy atom. The zero-order chi connectivity index (χ0) is 19.7. The van der Waals surface area contributed by atoms with Crippen LogP contribution < -0.4 is 0 Å². The van der Waals surface area contributed by atoms with Gasteiger partial charge in [0.1, 0.15) is 5.52 Å². The first-order valence-corrected chi connectivity index (χ1v) is 8.50. The number of aromatic nitrogens is 1. The van der Waals surface area contributed by atoms with Crippen molar-refractivity contribution in [1.29, 1.82) is 0 Å². The van der Waals surface area contributed by atoms with Gasteiger partial charge in [-0.25, -0.2) is 4.98 Å². The molecule has 0 aliphatic rings. The third kappa shape index (κ3) is 3.21. The van der Waals surface area contributed by atoms with Crippen molar-refractivity contribution in [3.05, 3.63) is 81.9 Å². The van der Waals surface area contributed by atoms with Gasteiger partial charge in [-0.1, -0.05) is 18.2 Å². The summed E-state index contributed by atoms with van der Waals surface area (Å²) in [6.07, 6.45) is 1.39. The number of aliphatic imine (C=N–C) groups is 1. The van der Waals surface area contributed by atoms with Gasteiger partial charge in [-0.15, -0.1) is 0 Å². The number of hydrogen-bond donors (Lipinski definition) is 1. The zero-order valence-corrected chi connectivity index (χ0v) is 14.9. The molecule has 1 N–H and O–H groups in total. The Hall–Kier alpha value is -4.00. The van der Waals surface area contributed by atoms with Crippen molar-refractivity contribution < 1.29 is 14.4 Å². The van der Waals surface area contributed by atoms with E-state index < -0.39 is 10.7 Å². The van der Waals surface area contributed by atoms with Crippen LogP contribution in [0.2, 0.25) is 0 Å². The molecule has 0 atom stereocenters. The number of fused-ring (bicyclic) bond motifs is 1. The summed E-state index contributed by atoms with van der Waals surface area (Å²) >= 11 is 0. The smallest absolute Gasteiger partial charge is 0.311 e. The molecule has 7 nitrogen and oxygen atoms in total. The molecule has 0 aliphatic heterocycles. The van der Waals surface area contributed by atoms with Crippen molar-refractivity contribution in [2.75, 3.05) is 0 Å². The Labute approximate surface area is 159 Å². The molecule has 138 valence electrons. The molecule has 3 aromatic carbocycles. The number of aromatic hydroxyl groups is 1. The van der Waals surface area contributed by atoms with Gasteiger partial charge in [0.15, 0.2) is 5.58 Å². The van der Waals surface area contributed by atoms with E-state index in [-0.39, 0.29) is 11.3 Å². The van der Waals surface area contributed by atoms with Crippen LogP contribution in [-0.4, -0.2) is 21.2 Å². The van der Waals surface area contributed by atoms with Crippen molar-refractivity contribution in [1.82, 2.24) is 4.98 Å². The number of oxazole rings is 1. The van der Waals surface area contributed by atoms with Crippen molar-refractivity contribution in [3.8, 4) is 17.2 Å². The lowest BCUT2D eigenvalue weighted by Gasteiger charge is -2.00. The molecule has 0 unspecified atom stereocenters. The maximum atomic E-state index is 10.9. The Balaban J connectivity index is 1.60. The van der Waals surface area contributed by atoms with Crippen LogP contribution in [0.15, 0.2) is 70.1 Å². The lowest BCUT2D eigenvalue weighted by Crippen LogP contribution is -1.91. The summed E-state index contributed by atoms with van der Waals surface area (Å²) in [5.41, 5.74) is 3.97. The molecule has 28 heavy (non-hydrogen) atoms. The second-order valence-electron chi connectivity index (χ2n) is 6.22. The molecule has 1 aromatic heterocycles. The predicted molar refractivity (Wildman–Crippen MR) is 106 cm³/mol. The molecule has 0 spiro atoms. The number of aryl methyl sites for hydroxylation is 1. The van der Waals surface area contributed by atoms with Gasteiger partial charge >= 0.3 is 5.69 Å². The van der Waals surface area contributed by atoms with Crippen LogP contribution in [0.3, 0.4) is 0 Å². The number of phenols is 1. The second kappa shape index (κ2) is 6.96. The predicted octanol–water partition coefficient (Wildman–Crippen LogP) is 5.17. The van der Waals surface area contributed by atoms with Crippen LogP contribution in [-0.2, 0) is 0 Å². The average molecular weight is 373 g/mol. The molecule has 0 fully saturated rings. The number of para-hydroxylation sites is 2. The minimum atomic E-state index is -0.635. The molecular weight excluding hydrogens is 358 g/mol. The molecule has 0 radical (unpaired) electrons. The van der Waals surface area contributed by atoms with E-state index >= 15 is 0 Å². The average Bonchev–Trinajstić information content (AvgIpc) is 3.13. The molecule has 0 amide bonds. The van der Waals surface area contributed by atoms with Crippen LogP contribution >= 0.6 is 0 Å². The van der Waals surface area contributed by atoms with Gasteiger partial charge in [0, 0.05) is 23.4 Å². The van der Waals surface area contributed by atoms with E-state index in [1.807, 2.05) is 37.3 Å². The van der Waals surface area contributed by atoms with E-state index in [9.17, 15) is 15.2 Å². The van der Waals surface area contributed by atoms with Gasteiger partial charge in [0.05, 0.1) is 10.6 Å². The Kier molecular flexibility index (Phi) is 4.33. The molecule has 7 heteroatoms. The number of nitro benzene ring substituents is 1. The summed E-state index contributed by atoms with van der Waals surface area (Å²) in [5, 5.41) is 20.9. The molecular formula is C21H15N3O4. The quantitative estimate of drug-likeness (QED) is 0.302. The SMILES string of the molecule is Cc1cccc2oc(-c3ccc(N=Cc4cccc([N+](=O)[O-])c4O)cc3)nc12. The molecule has 1 heterocycles. The van der Waals surface area contributed by atoms with Gasteiger partial charge in [-0.05, 0) is 48.9 Å². The first kappa shape index (κ1) is 17.4. The summed E-state index contributed by atoms with van der Waals surface area (Å²) < 4.78 is 5.81. The van der Waals surface area contributed by atoms with Gasteiger partial charge in [-0.3, -0.25) is 15.1 Å². The fourth-order valence-corrected chi connectivity index (χ4v) is 2.84. The number of nitrogens with zero attached hydrogens (tertiary/aromatic N) is 3. The minimum absolute atomic E-state index is 0.271. The monoisotopic (exact) mass is 373 g/mol. The summed E-state index contributed by atoms with van der Waals surface area (Å²) in [6, 6.07) is 17.3. The van der Waals surface area contributed by atoms with Gasteiger partial charge < -0.3 is 9.52 Å². The van der Waals surface area contributed by atoms with Crippen molar-refractivity contribution in [2.24, 2.45) is 4.99 Å². The summed E-state index contributed by atoms with van der Waals surface area (Å²) in [6.45, 7) is 1.98. The molecule has 4 rings (SSSR count). The van der Waals surface area contributed by atoms with E-state index in [2.05, 4.69) is 9.98 Å². The third-order valence-electron chi connectivity index (χ3n) is 4.33. The molecule has 4 aromatic rings. The highest BCUT2D eigenvalue weighted by molar-refractivity contribution is 5.87. The van der Waals surface area contributed by atoms with Crippen LogP contribution in [0, 0.1) is 17.0 Å². The largest absolute Gasteiger partial charge is 0.502 e. The fraction of sp³-hybridized carbons (Fsp3) is 0.0476. The number of benzene rings is 3. The van der Waals surface area contributed by atoms with Gasteiger partial charge in [-0.2, -0.15) is 0 Å². The van der Waals surface area contributed by atoms with Crippen molar-refractivity contribution in [3.63, 3.8) is 0 Å². The normalized spacial score (nSPS) is 11.3. The zero-order valence-electron chi connectivity index (χ0n) is 14.9. The highest BCUT2D eigenvalue weighted by Gasteiger charge is 2.15.